The number of carbonyl (C=O) groups excluding carboxylic acids is 1. The molecule has 1 unspecified atom stereocenters. The molecule has 1 N–H and O–H groups in total. The van der Waals surface area contributed by atoms with E-state index in [2.05, 4.69) is 26.5 Å². The van der Waals surface area contributed by atoms with Crippen LogP contribution in [0, 0.1) is 11.3 Å². The summed E-state index contributed by atoms with van der Waals surface area (Å²) in [6, 6.07) is 17.1. The van der Waals surface area contributed by atoms with Gasteiger partial charge in [-0.05, 0) is 23.8 Å². The quantitative estimate of drug-likeness (QED) is 0.598. The van der Waals surface area contributed by atoms with Crippen molar-refractivity contribution in [1.82, 2.24) is 19.7 Å². The van der Waals surface area contributed by atoms with Gasteiger partial charge in [-0.25, -0.2) is 14.6 Å². The van der Waals surface area contributed by atoms with Crippen molar-refractivity contribution in [3.8, 4) is 11.8 Å². The zero-order chi connectivity index (χ0) is 18.4. The molecule has 0 aliphatic carbocycles. The fourth-order valence-corrected chi connectivity index (χ4v) is 3.50. The van der Waals surface area contributed by atoms with E-state index in [1.165, 1.54) is 6.33 Å². The Bertz CT molecular complexity index is 1240. The second-order valence-corrected chi connectivity index (χ2v) is 6.19. The Morgan fingerprint density at radius 3 is 2.74 bits per heavy atom. The maximum absolute atomic E-state index is 12.7. The highest BCUT2D eigenvalue weighted by molar-refractivity contribution is 6.07. The Labute approximate surface area is 153 Å². The Morgan fingerprint density at radius 2 is 1.93 bits per heavy atom. The third kappa shape index (κ3) is 2.20. The summed E-state index contributed by atoms with van der Waals surface area (Å²) in [7, 11) is 0. The molecule has 5 rings (SSSR count). The predicted molar refractivity (Wildman–Crippen MR) is 98.3 cm³/mol. The Kier molecular flexibility index (Phi) is 3.24. The van der Waals surface area contributed by atoms with E-state index in [1.807, 2.05) is 36.4 Å². The number of fused-ring (bicyclic) bond motifs is 2. The molecule has 0 fully saturated rings. The van der Waals surface area contributed by atoms with Gasteiger partial charge in [0.25, 0.3) is 0 Å². The van der Waals surface area contributed by atoms with Crippen molar-refractivity contribution in [3.63, 3.8) is 0 Å². The van der Waals surface area contributed by atoms with E-state index in [4.69, 9.17) is 0 Å². The van der Waals surface area contributed by atoms with Gasteiger partial charge in [0.15, 0.2) is 5.65 Å². The number of anilines is 1. The van der Waals surface area contributed by atoms with Gasteiger partial charge in [-0.3, -0.25) is 4.79 Å². The van der Waals surface area contributed by atoms with Crippen LogP contribution < -0.4 is 5.32 Å². The van der Waals surface area contributed by atoms with Crippen molar-refractivity contribution in [2.45, 2.75) is 5.92 Å². The molecule has 1 amide bonds. The molecule has 1 aliphatic heterocycles. The minimum absolute atomic E-state index is 0.208. The maximum Gasteiger partial charge on any atom is 0.238 e. The van der Waals surface area contributed by atoms with Crippen LogP contribution in [0.25, 0.3) is 16.7 Å². The summed E-state index contributed by atoms with van der Waals surface area (Å²) >= 11 is 0. The number of nitriles is 1. The standard InChI is InChI=1S/C20H12N6O/c21-9-12-5-4-8-14-16(20(27)25-17(12)14)18-15-10-24-26(19(15)23-11-22-18)13-6-2-1-3-7-13/h1-8,10-11,16H,(H,25,27). The first-order valence-electron chi connectivity index (χ1n) is 8.36. The van der Waals surface area contributed by atoms with Crippen LogP contribution in [0.4, 0.5) is 5.69 Å². The van der Waals surface area contributed by atoms with Gasteiger partial charge in [0, 0.05) is 0 Å². The summed E-state index contributed by atoms with van der Waals surface area (Å²) in [5.41, 5.74) is 3.81. The molecule has 3 heterocycles. The van der Waals surface area contributed by atoms with E-state index in [0.29, 0.717) is 28.0 Å². The highest BCUT2D eigenvalue weighted by Gasteiger charge is 2.36. The predicted octanol–water partition coefficient (Wildman–Crippen LogP) is 2.77. The van der Waals surface area contributed by atoms with E-state index in [1.54, 1.807) is 23.0 Å². The van der Waals surface area contributed by atoms with Crippen LogP contribution in [0.15, 0.2) is 61.1 Å². The number of nitrogens with one attached hydrogen (secondary N) is 1. The number of rotatable bonds is 2. The molecule has 27 heavy (non-hydrogen) atoms. The maximum atomic E-state index is 12.7. The van der Waals surface area contributed by atoms with Crippen LogP contribution in [0.2, 0.25) is 0 Å². The number of amides is 1. The lowest BCUT2D eigenvalue weighted by Gasteiger charge is -2.09. The zero-order valence-corrected chi connectivity index (χ0v) is 14.0. The SMILES string of the molecule is N#Cc1cccc2c1NC(=O)C2c1ncnc2c1cnn2-c1ccccc1. The van der Waals surface area contributed by atoms with E-state index >= 15 is 0 Å². The molecule has 4 aromatic rings. The molecule has 2 aromatic heterocycles. The normalized spacial score (nSPS) is 15.4. The van der Waals surface area contributed by atoms with E-state index in [0.717, 1.165) is 11.3 Å². The Hall–Kier alpha value is -4.05. The monoisotopic (exact) mass is 352 g/mol. The van der Waals surface area contributed by atoms with Crippen molar-refractivity contribution >= 4 is 22.6 Å². The van der Waals surface area contributed by atoms with Gasteiger partial charge < -0.3 is 5.32 Å². The molecule has 128 valence electrons. The van der Waals surface area contributed by atoms with Gasteiger partial charge in [-0.15, -0.1) is 0 Å². The number of aromatic nitrogens is 4. The number of benzene rings is 2. The van der Waals surface area contributed by atoms with Crippen molar-refractivity contribution < 1.29 is 4.79 Å². The fraction of sp³-hybridized carbons (Fsp3) is 0.0500. The molecular weight excluding hydrogens is 340 g/mol. The minimum atomic E-state index is -0.604. The van der Waals surface area contributed by atoms with Gasteiger partial charge in [0.2, 0.25) is 5.91 Å². The van der Waals surface area contributed by atoms with Crippen molar-refractivity contribution in [1.29, 1.82) is 5.26 Å². The number of para-hydroxylation sites is 2. The summed E-state index contributed by atoms with van der Waals surface area (Å²) in [6.07, 6.45) is 3.12. The number of nitrogens with zero attached hydrogens (tertiary/aromatic N) is 5. The summed E-state index contributed by atoms with van der Waals surface area (Å²) < 4.78 is 1.72. The molecule has 0 radical (unpaired) electrons. The lowest BCUT2D eigenvalue weighted by molar-refractivity contribution is -0.116. The molecular formula is C20H12N6O. The zero-order valence-electron chi connectivity index (χ0n) is 14.0. The molecule has 0 saturated carbocycles. The average molecular weight is 352 g/mol. The molecule has 1 atom stereocenters. The Morgan fingerprint density at radius 1 is 1.07 bits per heavy atom. The highest BCUT2D eigenvalue weighted by Crippen LogP contribution is 2.40. The van der Waals surface area contributed by atoms with Gasteiger partial charge in [0.1, 0.15) is 18.3 Å². The minimum Gasteiger partial charge on any atom is -0.324 e. The summed E-state index contributed by atoms with van der Waals surface area (Å²) in [5.74, 6) is -0.813. The van der Waals surface area contributed by atoms with Gasteiger partial charge >= 0.3 is 0 Å². The molecule has 0 bridgehead atoms. The highest BCUT2D eigenvalue weighted by atomic mass is 16.2. The molecule has 0 saturated heterocycles. The van der Waals surface area contributed by atoms with Gasteiger partial charge in [-0.1, -0.05) is 30.3 Å². The summed E-state index contributed by atoms with van der Waals surface area (Å²) in [5, 5.41) is 17.3. The molecule has 0 spiro atoms. The van der Waals surface area contributed by atoms with E-state index in [-0.39, 0.29) is 5.91 Å². The lowest BCUT2D eigenvalue weighted by Crippen LogP contribution is -2.15. The summed E-state index contributed by atoms with van der Waals surface area (Å²) in [6.45, 7) is 0. The second kappa shape index (κ2) is 5.75. The first-order chi connectivity index (χ1) is 13.3. The third-order valence-electron chi connectivity index (χ3n) is 4.71. The fourth-order valence-electron chi connectivity index (χ4n) is 3.50. The van der Waals surface area contributed by atoms with Crippen molar-refractivity contribution in [2.24, 2.45) is 0 Å². The first-order valence-corrected chi connectivity index (χ1v) is 8.36. The van der Waals surface area contributed by atoms with Crippen LogP contribution in [-0.2, 0) is 4.79 Å². The number of hydrogen-bond donors (Lipinski definition) is 1. The van der Waals surface area contributed by atoms with Crippen LogP contribution in [0.3, 0.4) is 0 Å². The van der Waals surface area contributed by atoms with Crippen molar-refractivity contribution in [2.75, 3.05) is 5.32 Å². The van der Waals surface area contributed by atoms with Crippen LogP contribution in [0.1, 0.15) is 22.7 Å². The van der Waals surface area contributed by atoms with Gasteiger partial charge in [0.05, 0.1) is 34.2 Å². The van der Waals surface area contributed by atoms with Crippen LogP contribution in [-0.4, -0.2) is 25.7 Å². The third-order valence-corrected chi connectivity index (χ3v) is 4.71. The largest absolute Gasteiger partial charge is 0.324 e. The van der Waals surface area contributed by atoms with Crippen molar-refractivity contribution in [3.05, 3.63) is 77.9 Å². The topological polar surface area (TPSA) is 96.5 Å². The van der Waals surface area contributed by atoms with Crippen LogP contribution >= 0.6 is 0 Å². The van der Waals surface area contributed by atoms with E-state index in [9.17, 15) is 10.1 Å². The number of carbonyl (C=O) groups is 1. The molecule has 1 aliphatic rings. The first kappa shape index (κ1) is 15.2. The molecule has 7 nitrogen and oxygen atoms in total. The smallest absolute Gasteiger partial charge is 0.238 e. The summed E-state index contributed by atoms with van der Waals surface area (Å²) in [4.78, 5) is 21.5. The number of hydrogen-bond acceptors (Lipinski definition) is 5. The lowest BCUT2D eigenvalue weighted by atomic mass is 9.94. The van der Waals surface area contributed by atoms with E-state index < -0.39 is 5.92 Å². The second-order valence-electron chi connectivity index (χ2n) is 6.19. The molecule has 2 aromatic carbocycles. The van der Waals surface area contributed by atoms with Gasteiger partial charge in [-0.2, -0.15) is 10.4 Å². The average Bonchev–Trinajstić information content (AvgIpc) is 3.29. The van der Waals surface area contributed by atoms with Crippen LogP contribution in [0.5, 0.6) is 0 Å². The molecule has 7 heteroatoms. The Balaban J connectivity index is 1.71.